The van der Waals surface area contributed by atoms with Crippen LogP contribution in [0.2, 0.25) is 0 Å². The van der Waals surface area contributed by atoms with Gasteiger partial charge in [-0.1, -0.05) is 76.6 Å². The maximum absolute atomic E-state index is 14.8. The highest BCUT2D eigenvalue weighted by Crippen LogP contribution is 2.60. The van der Waals surface area contributed by atoms with Gasteiger partial charge in [0, 0.05) is 30.0 Å². The summed E-state index contributed by atoms with van der Waals surface area (Å²) in [6.45, 7) is 12.9. The third kappa shape index (κ3) is 6.35. The highest BCUT2D eigenvalue weighted by atomic mass is 79.9. The number of anilines is 1. The molecule has 2 N–H and O–H groups in total. The molecule has 0 saturated carbocycles. The summed E-state index contributed by atoms with van der Waals surface area (Å²) in [6.07, 6.45) is 2.76. The van der Waals surface area contributed by atoms with E-state index in [0.717, 1.165) is 11.1 Å². The normalized spacial score (nSPS) is 26.8. The molecule has 3 amide bonds. The predicted molar refractivity (Wildman–Crippen MR) is 185 cm³/mol. The van der Waals surface area contributed by atoms with Crippen LogP contribution in [-0.4, -0.2) is 82.0 Å². The van der Waals surface area contributed by atoms with Gasteiger partial charge < -0.3 is 29.7 Å². The van der Waals surface area contributed by atoms with E-state index in [4.69, 9.17) is 9.47 Å². The van der Waals surface area contributed by atoms with E-state index >= 15 is 0 Å². The van der Waals surface area contributed by atoms with Gasteiger partial charge in [0.1, 0.15) is 17.7 Å². The number of β-amino-alcohol motifs (C(OH)–C–C–N with tert-alkyl or cyclic N) is 1. The molecule has 5 rings (SSSR count). The van der Waals surface area contributed by atoms with Gasteiger partial charge in [0.2, 0.25) is 11.8 Å². The number of nitrogens with zero attached hydrogens (tertiary/aromatic N) is 2. The van der Waals surface area contributed by atoms with Gasteiger partial charge in [0.25, 0.3) is 5.91 Å². The van der Waals surface area contributed by atoms with Gasteiger partial charge in [-0.3, -0.25) is 19.2 Å². The van der Waals surface area contributed by atoms with Gasteiger partial charge in [-0.2, -0.15) is 0 Å². The van der Waals surface area contributed by atoms with E-state index in [2.05, 4.69) is 34.4 Å². The second-order valence-corrected chi connectivity index (χ2v) is 14.0. The van der Waals surface area contributed by atoms with Crippen molar-refractivity contribution < 1.29 is 33.8 Å². The molecule has 3 heterocycles. The Morgan fingerprint density at radius 2 is 1.83 bits per heavy atom. The maximum Gasteiger partial charge on any atom is 0.313 e. The van der Waals surface area contributed by atoms with Gasteiger partial charge >= 0.3 is 5.97 Å². The molecule has 10 nitrogen and oxygen atoms in total. The fourth-order valence-electron chi connectivity index (χ4n) is 7.77. The molecule has 256 valence electrons. The van der Waals surface area contributed by atoms with Crippen molar-refractivity contribution in [2.24, 2.45) is 11.8 Å². The molecule has 0 aromatic heterocycles. The summed E-state index contributed by atoms with van der Waals surface area (Å²) in [5.74, 6) is -3.71. The van der Waals surface area contributed by atoms with Gasteiger partial charge in [0.05, 0.1) is 30.6 Å². The van der Waals surface area contributed by atoms with Crippen LogP contribution in [0.15, 0.2) is 73.8 Å². The fraction of sp³-hybridized carbons (Fsp3) is 0.459. The molecule has 3 saturated heterocycles. The van der Waals surface area contributed by atoms with E-state index in [1.807, 2.05) is 62.4 Å². The summed E-state index contributed by atoms with van der Waals surface area (Å²) >= 11 is 3.71. The van der Waals surface area contributed by atoms with Gasteiger partial charge in [-0.05, 0) is 50.3 Å². The number of allylic oxidation sites excluding steroid dienone is 1. The van der Waals surface area contributed by atoms with Gasteiger partial charge in [-0.15, -0.1) is 13.2 Å². The fourth-order valence-corrected chi connectivity index (χ4v) is 8.71. The number of ether oxygens (including phenoxy) is 2. The van der Waals surface area contributed by atoms with Crippen molar-refractivity contribution in [3.8, 4) is 0 Å². The van der Waals surface area contributed by atoms with Crippen LogP contribution < -0.4 is 10.2 Å². The van der Waals surface area contributed by atoms with E-state index in [9.17, 15) is 24.3 Å². The second-order valence-electron chi connectivity index (χ2n) is 12.8. The number of benzene rings is 2. The Labute approximate surface area is 290 Å². The Kier molecular flexibility index (Phi) is 10.9. The first-order valence-electron chi connectivity index (χ1n) is 16.4. The minimum atomic E-state index is -1.34. The number of aliphatic hydroxyl groups excluding tert-OH is 1. The number of aryl methyl sites for hydroxylation is 2. The summed E-state index contributed by atoms with van der Waals surface area (Å²) in [4.78, 5) is 58.7. The average Bonchev–Trinajstić information content (AvgIpc) is 3.65. The van der Waals surface area contributed by atoms with Crippen LogP contribution in [0.5, 0.6) is 0 Å². The SMILES string of the molecule is C=CCCC(=O)N[C@@H](C)[C@H](OC(=O)[C@H]1[C@@H]2O[C@@]3(CC2Br)[C@@H]1C(=O)N(CCO)[C@@H]3C(=O)N(CC=C)c1c(C)cccc1C)c1ccccc1. The van der Waals surface area contributed by atoms with Crippen molar-refractivity contribution in [3.63, 3.8) is 0 Å². The Hall–Kier alpha value is -3.80. The van der Waals surface area contributed by atoms with Crippen LogP contribution in [0.4, 0.5) is 5.69 Å². The van der Waals surface area contributed by atoms with Crippen LogP contribution in [-0.2, 0) is 28.7 Å². The topological polar surface area (TPSA) is 125 Å². The standard InChI is InChI=1S/C37H44BrN3O7/c1-6-8-17-27(43)39-24(5)31(25-15-10-9-11-16-25)47-36(46)28-29-34(44)41(19-20-42)33(37(29)21-26(38)32(28)48-37)35(45)40(18-7-2)30-22(3)13-12-14-23(30)4/h6-7,9-16,24,26,28-29,31-33,42H,1-2,8,17-21H2,3-5H3,(H,39,43)/t24-,26?,28+,29-,31-,32+,33+,37-/m0/s1. The smallest absolute Gasteiger partial charge is 0.313 e. The Morgan fingerprint density at radius 3 is 2.46 bits per heavy atom. The number of halogens is 1. The maximum atomic E-state index is 14.8. The van der Waals surface area contributed by atoms with Crippen molar-refractivity contribution in [1.82, 2.24) is 10.2 Å². The molecule has 48 heavy (non-hydrogen) atoms. The molecular formula is C37H44BrN3O7. The number of nitrogens with one attached hydrogen (secondary N) is 1. The van der Waals surface area contributed by atoms with Crippen molar-refractivity contribution >= 4 is 45.3 Å². The number of aliphatic hydroxyl groups is 1. The molecule has 3 aliphatic rings. The van der Waals surface area contributed by atoms with Gasteiger partial charge in [-0.25, -0.2) is 0 Å². The Balaban J connectivity index is 1.50. The zero-order valence-electron chi connectivity index (χ0n) is 27.6. The summed E-state index contributed by atoms with van der Waals surface area (Å²) in [6, 6.07) is 13.2. The lowest BCUT2D eigenvalue weighted by Crippen LogP contribution is -2.57. The van der Waals surface area contributed by atoms with Crippen molar-refractivity contribution in [2.75, 3.05) is 24.6 Å². The number of carbonyl (C=O) groups excluding carboxylic acids is 4. The summed E-state index contributed by atoms with van der Waals surface area (Å²) < 4.78 is 12.9. The van der Waals surface area contributed by atoms with E-state index in [1.165, 1.54) is 4.90 Å². The number of para-hydroxylation sites is 1. The largest absolute Gasteiger partial charge is 0.455 e. The van der Waals surface area contributed by atoms with Gasteiger partial charge in [0.15, 0.2) is 0 Å². The molecule has 0 aliphatic carbocycles. The number of amides is 3. The van der Waals surface area contributed by atoms with E-state index in [0.29, 0.717) is 24.1 Å². The average molecular weight is 723 g/mol. The molecule has 1 spiro atoms. The monoisotopic (exact) mass is 721 g/mol. The summed E-state index contributed by atoms with van der Waals surface area (Å²) in [5.41, 5.74) is 1.82. The van der Waals surface area contributed by atoms with Crippen LogP contribution in [0.1, 0.15) is 49.0 Å². The number of rotatable bonds is 14. The van der Waals surface area contributed by atoms with Crippen LogP contribution in [0, 0.1) is 25.7 Å². The van der Waals surface area contributed by atoms with Crippen molar-refractivity contribution in [2.45, 2.75) is 74.8 Å². The molecule has 0 radical (unpaired) electrons. The number of alkyl halides is 1. The Morgan fingerprint density at radius 1 is 1.15 bits per heavy atom. The molecule has 2 bridgehead atoms. The second kappa shape index (κ2) is 14.8. The zero-order valence-corrected chi connectivity index (χ0v) is 29.2. The number of likely N-dealkylation sites (tertiary alicyclic amines) is 1. The zero-order chi connectivity index (χ0) is 34.7. The molecule has 11 heteroatoms. The molecule has 2 aromatic carbocycles. The van der Waals surface area contributed by atoms with Crippen LogP contribution in [0.25, 0.3) is 0 Å². The van der Waals surface area contributed by atoms with E-state index in [1.54, 1.807) is 24.0 Å². The molecule has 2 aromatic rings. The number of esters is 1. The highest BCUT2D eigenvalue weighted by molar-refractivity contribution is 9.09. The Bertz CT molecular complexity index is 1550. The van der Waals surface area contributed by atoms with Crippen molar-refractivity contribution in [3.05, 3.63) is 90.5 Å². The molecular weight excluding hydrogens is 678 g/mol. The quantitative estimate of drug-likeness (QED) is 0.169. The highest BCUT2D eigenvalue weighted by Gasteiger charge is 2.77. The molecule has 3 fully saturated rings. The van der Waals surface area contributed by atoms with Crippen LogP contribution in [0.3, 0.4) is 0 Å². The van der Waals surface area contributed by atoms with Crippen LogP contribution >= 0.6 is 15.9 Å². The van der Waals surface area contributed by atoms with E-state index < -0.39 is 53.6 Å². The lowest BCUT2D eigenvalue weighted by molar-refractivity contribution is -0.162. The number of hydrogen-bond acceptors (Lipinski definition) is 7. The lowest BCUT2D eigenvalue weighted by atomic mass is 9.70. The first-order chi connectivity index (χ1) is 23.0. The third-order valence-electron chi connectivity index (χ3n) is 9.71. The molecule has 3 aliphatic heterocycles. The minimum Gasteiger partial charge on any atom is -0.455 e. The lowest BCUT2D eigenvalue weighted by Gasteiger charge is -2.37. The number of hydrogen-bond donors (Lipinski definition) is 2. The molecule has 8 atom stereocenters. The first kappa shape index (κ1) is 35.5. The van der Waals surface area contributed by atoms with E-state index in [-0.39, 0.29) is 42.8 Å². The predicted octanol–water partition coefficient (Wildman–Crippen LogP) is 4.32. The summed E-state index contributed by atoms with van der Waals surface area (Å²) in [7, 11) is 0. The number of carbonyl (C=O) groups is 4. The molecule has 1 unspecified atom stereocenters. The first-order valence-corrected chi connectivity index (χ1v) is 17.3. The third-order valence-corrected chi connectivity index (χ3v) is 10.6. The minimum absolute atomic E-state index is 0.106. The van der Waals surface area contributed by atoms with Crippen molar-refractivity contribution in [1.29, 1.82) is 0 Å². The number of fused-ring (bicyclic) bond motifs is 1. The summed E-state index contributed by atoms with van der Waals surface area (Å²) in [5, 5.41) is 13.0.